The minimum Gasteiger partial charge on any atom is -0.344 e. The van der Waals surface area contributed by atoms with E-state index in [1.807, 2.05) is 0 Å². The highest BCUT2D eigenvalue weighted by Gasteiger charge is 2.35. The third-order valence-corrected chi connectivity index (χ3v) is 6.78. The van der Waals surface area contributed by atoms with Gasteiger partial charge in [-0.3, -0.25) is 0 Å². The van der Waals surface area contributed by atoms with E-state index < -0.39 is 0 Å². The third-order valence-electron chi connectivity index (χ3n) is 6.78. The van der Waals surface area contributed by atoms with Crippen LogP contribution in [-0.2, 0) is 5.41 Å². The summed E-state index contributed by atoms with van der Waals surface area (Å²) in [6.07, 6.45) is 0. The third kappa shape index (κ3) is 2.19. The van der Waals surface area contributed by atoms with Crippen LogP contribution in [0.5, 0.6) is 0 Å². The molecule has 2 heterocycles. The van der Waals surface area contributed by atoms with E-state index in [0.717, 1.165) is 0 Å². The van der Waals surface area contributed by atoms with Crippen molar-refractivity contribution in [2.75, 3.05) is 11.9 Å². The number of hydrogen-bond acceptors (Lipinski definition) is 1. The maximum atomic E-state index is 2.42. The minimum absolute atomic E-state index is 0.0649. The molecule has 0 atom stereocenters. The van der Waals surface area contributed by atoms with Crippen molar-refractivity contribution in [1.29, 1.82) is 0 Å². The van der Waals surface area contributed by atoms with Crippen LogP contribution in [0.25, 0.3) is 27.5 Å². The smallest absolute Gasteiger partial charge is 0.0545 e. The van der Waals surface area contributed by atoms with Crippen LogP contribution < -0.4 is 4.90 Å². The molecule has 0 saturated heterocycles. The second-order valence-corrected chi connectivity index (χ2v) is 8.78. The van der Waals surface area contributed by atoms with Gasteiger partial charge in [0.15, 0.2) is 0 Å². The van der Waals surface area contributed by atoms with Crippen molar-refractivity contribution in [3.8, 4) is 5.69 Å². The zero-order valence-electron chi connectivity index (χ0n) is 17.6. The van der Waals surface area contributed by atoms with Crippen molar-refractivity contribution in [3.63, 3.8) is 0 Å². The summed E-state index contributed by atoms with van der Waals surface area (Å²) < 4.78 is 2.40. The summed E-state index contributed by atoms with van der Waals surface area (Å²) in [5, 5.41) is 2.60. The monoisotopic (exact) mass is 388 g/mol. The molecule has 0 bridgehead atoms. The van der Waals surface area contributed by atoms with Crippen molar-refractivity contribution in [2.24, 2.45) is 0 Å². The fourth-order valence-electron chi connectivity index (χ4n) is 5.21. The molecule has 0 amide bonds. The van der Waals surface area contributed by atoms with E-state index in [9.17, 15) is 0 Å². The first kappa shape index (κ1) is 17.3. The van der Waals surface area contributed by atoms with Gasteiger partial charge in [-0.05, 0) is 47.5 Å². The van der Waals surface area contributed by atoms with E-state index in [1.165, 1.54) is 50.0 Å². The summed E-state index contributed by atoms with van der Waals surface area (Å²) in [7, 11) is 2.19. The molecule has 0 saturated carbocycles. The van der Waals surface area contributed by atoms with Crippen molar-refractivity contribution < 1.29 is 0 Å². The molecule has 4 aromatic carbocycles. The standard InChI is InChI=1S/C28H24N2/c1-28(2)22-14-8-10-16-25(22)29(3)27-17-21-20-13-7-9-15-24(20)30(26(21)18-23(27)28)19-11-5-4-6-12-19/h4-18H,1-3H3. The van der Waals surface area contributed by atoms with E-state index in [-0.39, 0.29) is 5.41 Å². The lowest BCUT2D eigenvalue weighted by Gasteiger charge is -2.40. The molecule has 5 aromatic rings. The number of aromatic nitrogens is 1. The van der Waals surface area contributed by atoms with E-state index in [2.05, 4.69) is 121 Å². The highest BCUT2D eigenvalue weighted by molar-refractivity contribution is 6.11. The predicted molar refractivity (Wildman–Crippen MR) is 127 cm³/mol. The average molecular weight is 389 g/mol. The van der Waals surface area contributed by atoms with Crippen molar-refractivity contribution in [2.45, 2.75) is 19.3 Å². The van der Waals surface area contributed by atoms with Crippen LogP contribution in [-0.4, -0.2) is 11.6 Å². The van der Waals surface area contributed by atoms with Gasteiger partial charge < -0.3 is 9.47 Å². The molecule has 0 spiro atoms. The molecule has 2 nitrogen and oxygen atoms in total. The molecule has 2 heteroatoms. The van der Waals surface area contributed by atoms with Gasteiger partial charge in [0, 0.05) is 40.3 Å². The first-order valence-electron chi connectivity index (χ1n) is 10.5. The van der Waals surface area contributed by atoms with E-state index in [4.69, 9.17) is 0 Å². The molecule has 0 unspecified atom stereocenters. The quantitative estimate of drug-likeness (QED) is 0.295. The Hall–Kier alpha value is -3.52. The van der Waals surface area contributed by atoms with Gasteiger partial charge in [0.05, 0.1) is 11.0 Å². The second-order valence-electron chi connectivity index (χ2n) is 8.78. The summed E-state index contributed by atoms with van der Waals surface area (Å²) in [6, 6.07) is 33.0. The molecular weight excluding hydrogens is 364 g/mol. The Bertz CT molecular complexity index is 1420. The average Bonchev–Trinajstić information content (AvgIpc) is 3.11. The lowest BCUT2D eigenvalue weighted by Crippen LogP contribution is -2.30. The van der Waals surface area contributed by atoms with Gasteiger partial charge in [0.25, 0.3) is 0 Å². The maximum Gasteiger partial charge on any atom is 0.0545 e. The van der Waals surface area contributed by atoms with Crippen LogP contribution in [0.1, 0.15) is 25.0 Å². The topological polar surface area (TPSA) is 8.17 Å². The molecule has 146 valence electrons. The second kappa shape index (κ2) is 5.99. The Labute approximate surface area is 177 Å². The van der Waals surface area contributed by atoms with Gasteiger partial charge in [0.1, 0.15) is 0 Å². The van der Waals surface area contributed by atoms with E-state index >= 15 is 0 Å². The summed E-state index contributed by atoms with van der Waals surface area (Å²) >= 11 is 0. The summed E-state index contributed by atoms with van der Waals surface area (Å²) in [6.45, 7) is 4.69. The number of benzene rings is 4. The van der Waals surface area contributed by atoms with Gasteiger partial charge in [-0.15, -0.1) is 0 Å². The number of nitrogens with zero attached hydrogens (tertiary/aromatic N) is 2. The molecule has 1 aliphatic heterocycles. The molecule has 0 fully saturated rings. The molecular formula is C28H24N2. The largest absolute Gasteiger partial charge is 0.344 e. The van der Waals surface area contributed by atoms with Crippen molar-refractivity contribution in [1.82, 2.24) is 4.57 Å². The normalized spacial score (nSPS) is 14.7. The Morgan fingerprint density at radius 2 is 1.30 bits per heavy atom. The minimum atomic E-state index is -0.0649. The Kier molecular flexibility index (Phi) is 3.47. The van der Waals surface area contributed by atoms with E-state index in [0.29, 0.717) is 0 Å². The maximum absolute atomic E-state index is 2.42. The van der Waals surface area contributed by atoms with Gasteiger partial charge in [-0.1, -0.05) is 68.4 Å². The van der Waals surface area contributed by atoms with Gasteiger partial charge in [0.2, 0.25) is 0 Å². The van der Waals surface area contributed by atoms with Crippen LogP contribution in [0.2, 0.25) is 0 Å². The fraction of sp³-hybridized carbons (Fsp3) is 0.143. The SMILES string of the molecule is CN1c2ccccc2C(C)(C)c2cc3c(cc21)c1ccccc1n3-c1ccccc1. The molecule has 1 aromatic heterocycles. The highest BCUT2D eigenvalue weighted by atomic mass is 15.1. The molecule has 1 aliphatic rings. The summed E-state index contributed by atoms with van der Waals surface area (Å²) in [5.41, 5.74) is 8.98. The van der Waals surface area contributed by atoms with Gasteiger partial charge >= 0.3 is 0 Å². The predicted octanol–water partition coefficient (Wildman–Crippen LogP) is 7.19. The van der Waals surface area contributed by atoms with Gasteiger partial charge in [-0.25, -0.2) is 0 Å². The van der Waals surface area contributed by atoms with Crippen LogP contribution in [0.4, 0.5) is 11.4 Å². The number of fused-ring (bicyclic) bond motifs is 5. The zero-order chi connectivity index (χ0) is 20.5. The molecule has 6 rings (SSSR count). The first-order chi connectivity index (χ1) is 14.6. The summed E-state index contributed by atoms with van der Waals surface area (Å²) in [5.74, 6) is 0. The number of para-hydroxylation sites is 3. The number of hydrogen-bond donors (Lipinski definition) is 0. The molecule has 30 heavy (non-hydrogen) atoms. The van der Waals surface area contributed by atoms with Crippen LogP contribution in [0.3, 0.4) is 0 Å². The lowest BCUT2D eigenvalue weighted by atomic mass is 9.73. The number of anilines is 2. The van der Waals surface area contributed by atoms with Crippen LogP contribution >= 0.6 is 0 Å². The van der Waals surface area contributed by atoms with Crippen molar-refractivity contribution in [3.05, 3.63) is 102 Å². The molecule has 0 radical (unpaired) electrons. The fourth-order valence-corrected chi connectivity index (χ4v) is 5.21. The van der Waals surface area contributed by atoms with Crippen LogP contribution in [0.15, 0.2) is 91.0 Å². The zero-order valence-corrected chi connectivity index (χ0v) is 17.6. The lowest BCUT2D eigenvalue weighted by molar-refractivity contribution is 0.630. The number of rotatable bonds is 1. The van der Waals surface area contributed by atoms with Crippen LogP contribution in [0, 0.1) is 0 Å². The Balaban J connectivity index is 1.76. The van der Waals surface area contributed by atoms with E-state index in [1.54, 1.807) is 0 Å². The Morgan fingerprint density at radius 1 is 0.600 bits per heavy atom. The molecule has 0 N–H and O–H groups in total. The summed E-state index contributed by atoms with van der Waals surface area (Å²) in [4.78, 5) is 2.35. The Morgan fingerprint density at radius 3 is 2.13 bits per heavy atom. The highest BCUT2D eigenvalue weighted by Crippen LogP contribution is 2.50. The molecule has 0 aliphatic carbocycles. The van der Waals surface area contributed by atoms with Crippen molar-refractivity contribution >= 4 is 33.2 Å². The van der Waals surface area contributed by atoms with Gasteiger partial charge in [-0.2, -0.15) is 0 Å². The first-order valence-corrected chi connectivity index (χ1v) is 10.5.